The summed E-state index contributed by atoms with van der Waals surface area (Å²) in [5.74, 6) is -0.939. The van der Waals surface area contributed by atoms with Gasteiger partial charge in [-0.25, -0.2) is 0 Å². The summed E-state index contributed by atoms with van der Waals surface area (Å²) in [5.41, 5.74) is 2.98. The lowest BCUT2D eigenvalue weighted by Crippen LogP contribution is -2.38. The van der Waals surface area contributed by atoms with E-state index in [2.05, 4.69) is 44.7 Å². The number of hydrogen-bond donors (Lipinski definition) is 2. The minimum atomic E-state index is -0.802. The molecule has 0 aliphatic rings. The van der Waals surface area contributed by atoms with Crippen molar-refractivity contribution in [3.8, 4) is 5.75 Å². The van der Waals surface area contributed by atoms with Gasteiger partial charge in [0, 0.05) is 23.6 Å². The number of phenolic OH excluding ortho intramolecular Hbond substituents is 1. The molecule has 2 unspecified atom stereocenters. The molecule has 2 N–H and O–H groups in total. The van der Waals surface area contributed by atoms with E-state index >= 15 is 0 Å². The highest BCUT2D eigenvalue weighted by atomic mass is 16.4. The average Bonchev–Trinajstić information content (AvgIpc) is 2.67. The molecule has 0 fully saturated rings. The molecular weight excluding hydrogens is 362 g/mol. The van der Waals surface area contributed by atoms with E-state index in [9.17, 15) is 15.0 Å². The molecule has 0 aliphatic carbocycles. The lowest BCUT2D eigenvalue weighted by Gasteiger charge is -2.32. The maximum Gasteiger partial charge on any atom is 0.306 e. The summed E-state index contributed by atoms with van der Waals surface area (Å²) in [6.45, 7) is 11.5. The molecule has 0 bridgehead atoms. The lowest BCUT2D eigenvalue weighted by atomic mass is 9.85. The van der Waals surface area contributed by atoms with Gasteiger partial charge in [0.1, 0.15) is 5.75 Å². The number of nitrogens with zero attached hydrogens (tertiary/aromatic N) is 1. The number of aliphatic carboxylic acids is 1. The summed E-state index contributed by atoms with van der Waals surface area (Å²) >= 11 is 0. The van der Waals surface area contributed by atoms with Crippen LogP contribution in [0, 0.1) is 5.92 Å². The normalized spacial score (nSPS) is 13.8. The van der Waals surface area contributed by atoms with E-state index in [0.29, 0.717) is 18.5 Å². The van der Waals surface area contributed by atoms with Crippen LogP contribution in [0.25, 0.3) is 0 Å². The molecule has 4 heteroatoms. The second-order valence-corrected chi connectivity index (χ2v) is 8.51. The highest BCUT2D eigenvalue weighted by molar-refractivity contribution is 5.70. The van der Waals surface area contributed by atoms with Gasteiger partial charge in [0.25, 0.3) is 0 Å². The molecule has 0 saturated heterocycles. The lowest BCUT2D eigenvalue weighted by molar-refractivity contribution is -0.141. The molecule has 0 saturated carbocycles. The molecule has 0 spiro atoms. The van der Waals surface area contributed by atoms with Gasteiger partial charge in [-0.3, -0.25) is 9.69 Å². The largest absolute Gasteiger partial charge is 0.508 e. The van der Waals surface area contributed by atoms with Crippen molar-refractivity contribution in [2.24, 2.45) is 5.92 Å². The van der Waals surface area contributed by atoms with Crippen molar-refractivity contribution < 1.29 is 15.0 Å². The van der Waals surface area contributed by atoms with Crippen LogP contribution in [0.1, 0.15) is 63.6 Å². The summed E-state index contributed by atoms with van der Waals surface area (Å²) in [6, 6.07) is 16.7. The standard InChI is InChI=1S/C25H35NO3/c1-17(2)26(18(3)4)14-13-22(21-9-7-6-8-10-21)23-16-20(11-12-24(23)27)15-19(5)25(28)29/h6-12,16-19,22,27H,13-15H2,1-5H3,(H,28,29). The van der Waals surface area contributed by atoms with Crippen LogP contribution in [0.3, 0.4) is 0 Å². The van der Waals surface area contributed by atoms with Crippen LogP contribution in [0.4, 0.5) is 0 Å². The number of rotatable bonds is 10. The van der Waals surface area contributed by atoms with Gasteiger partial charge in [-0.05, 0) is 64.3 Å². The van der Waals surface area contributed by atoms with Crippen LogP contribution in [-0.4, -0.2) is 39.7 Å². The van der Waals surface area contributed by atoms with Gasteiger partial charge in [0.2, 0.25) is 0 Å². The summed E-state index contributed by atoms with van der Waals surface area (Å²) in [6.07, 6.45) is 1.33. The molecule has 2 rings (SSSR count). The monoisotopic (exact) mass is 397 g/mol. The van der Waals surface area contributed by atoms with Crippen LogP contribution >= 0.6 is 0 Å². The van der Waals surface area contributed by atoms with E-state index in [-0.39, 0.29) is 11.7 Å². The van der Waals surface area contributed by atoms with Crippen molar-refractivity contribution in [3.63, 3.8) is 0 Å². The highest BCUT2D eigenvalue weighted by Gasteiger charge is 2.22. The summed E-state index contributed by atoms with van der Waals surface area (Å²) in [4.78, 5) is 13.7. The predicted octanol–water partition coefficient (Wildman–Crippen LogP) is 5.30. The number of benzene rings is 2. The van der Waals surface area contributed by atoms with Crippen LogP contribution < -0.4 is 0 Å². The SMILES string of the molecule is CC(Cc1ccc(O)c(C(CCN(C(C)C)C(C)C)c2ccccc2)c1)C(=O)O. The second kappa shape index (κ2) is 10.4. The predicted molar refractivity (Wildman–Crippen MR) is 118 cm³/mol. The zero-order chi connectivity index (χ0) is 21.6. The van der Waals surface area contributed by atoms with E-state index < -0.39 is 11.9 Å². The van der Waals surface area contributed by atoms with Gasteiger partial charge >= 0.3 is 5.97 Å². The van der Waals surface area contributed by atoms with Crippen molar-refractivity contribution in [3.05, 3.63) is 65.2 Å². The minimum absolute atomic E-state index is 0.0521. The number of hydrogen-bond acceptors (Lipinski definition) is 3. The quantitative estimate of drug-likeness (QED) is 0.571. The Labute approximate surface area is 175 Å². The molecule has 158 valence electrons. The van der Waals surface area contributed by atoms with Gasteiger partial charge in [-0.15, -0.1) is 0 Å². The van der Waals surface area contributed by atoms with Crippen molar-refractivity contribution in [1.29, 1.82) is 0 Å². The minimum Gasteiger partial charge on any atom is -0.508 e. The first kappa shape index (κ1) is 23.0. The maximum atomic E-state index is 11.3. The molecule has 0 heterocycles. The topological polar surface area (TPSA) is 60.8 Å². The first-order chi connectivity index (χ1) is 13.7. The molecule has 2 atom stereocenters. The second-order valence-electron chi connectivity index (χ2n) is 8.51. The first-order valence-corrected chi connectivity index (χ1v) is 10.6. The Hall–Kier alpha value is -2.33. The van der Waals surface area contributed by atoms with Gasteiger partial charge < -0.3 is 10.2 Å². The Morgan fingerprint density at radius 3 is 2.14 bits per heavy atom. The Morgan fingerprint density at radius 2 is 1.59 bits per heavy atom. The third kappa shape index (κ3) is 6.33. The number of carboxylic acid groups (broad SMARTS) is 1. The van der Waals surface area contributed by atoms with E-state index in [4.69, 9.17) is 0 Å². The fourth-order valence-corrected chi connectivity index (χ4v) is 4.03. The van der Waals surface area contributed by atoms with Crippen molar-refractivity contribution in [1.82, 2.24) is 4.90 Å². The Bertz CT molecular complexity index is 778. The van der Waals surface area contributed by atoms with E-state index in [0.717, 1.165) is 24.1 Å². The van der Waals surface area contributed by atoms with E-state index in [1.165, 1.54) is 5.56 Å². The maximum absolute atomic E-state index is 11.3. The summed E-state index contributed by atoms with van der Waals surface area (Å²) in [5, 5.41) is 19.9. The fourth-order valence-electron chi connectivity index (χ4n) is 4.03. The van der Waals surface area contributed by atoms with Crippen LogP contribution in [0.15, 0.2) is 48.5 Å². The van der Waals surface area contributed by atoms with Crippen LogP contribution in [0.5, 0.6) is 5.75 Å². The molecule has 0 aromatic heterocycles. The third-order valence-corrected chi connectivity index (χ3v) is 5.64. The molecule has 0 amide bonds. The summed E-state index contributed by atoms with van der Waals surface area (Å²) < 4.78 is 0. The summed E-state index contributed by atoms with van der Waals surface area (Å²) in [7, 11) is 0. The number of phenols is 1. The smallest absolute Gasteiger partial charge is 0.306 e. The molecule has 29 heavy (non-hydrogen) atoms. The van der Waals surface area contributed by atoms with Crippen LogP contribution in [0.2, 0.25) is 0 Å². The third-order valence-electron chi connectivity index (χ3n) is 5.64. The first-order valence-electron chi connectivity index (χ1n) is 10.6. The van der Waals surface area contributed by atoms with Gasteiger partial charge in [0.05, 0.1) is 5.92 Å². The number of carboxylic acids is 1. The van der Waals surface area contributed by atoms with Gasteiger partial charge in [-0.1, -0.05) is 49.4 Å². The molecule has 0 aliphatic heterocycles. The molecular formula is C25H35NO3. The van der Waals surface area contributed by atoms with Gasteiger partial charge in [0.15, 0.2) is 0 Å². The zero-order valence-corrected chi connectivity index (χ0v) is 18.3. The fraction of sp³-hybridized carbons (Fsp3) is 0.480. The van der Waals surface area contributed by atoms with Crippen molar-refractivity contribution in [2.45, 2.75) is 65.5 Å². The molecule has 4 nitrogen and oxygen atoms in total. The molecule has 0 radical (unpaired) electrons. The van der Waals surface area contributed by atoms with E-state index in [1.807, 2.05) is 30.3 Å². The van der Waals surface area contributed by atoms with Gasteiger partial charge in [-0.2, -0.15) is 0 Å². The van der Waals surface area contributed by atoms with E-state index in [1.54, 1.807) is 13.0 Å². The van der Waals surface area contributed by atoms with Crippen LogP contribution in [-0.2, 0) is 11.2 Å². The Balaban J connectivity index is 2.37. The highest BCUT2D eigenvalue weighted by Crippen LogP contribution is 2.35. The zero-order valence-electron chi connectivity index (χ0n) is 18.3. The molecule has 2 aromatic rings. The molecule has 2 aromatic carbocycles. The Kier molecular flexibility index (Phi) is 8.27. The van der Waals surface area contributed by atoms with Crippen molar-refractivity contribution >= 4 is 5.97 Å². The number of aromatic hydroxyl groups is 1. The average molecular weight is 398 g/mol. The number of carbonyl (C=O) groups is 1. The Morgan fingerprint density at radius 1 is 0.966 bits per heavy atom. The van der Waals surface area contributed by atoms with Crippen molar-refractivity contribution in [2.75, 3.05) is 6.54 Å².